The van der Waals surface area contributed by atoms with Crippen LogP contribution >= 0.6 is 0 Å². The highest BCUT2D eigenvalue weighted by Crippen LogP contribution is 2.35. The van der Waals surface area contributed by atoms with Gasteiger partial charge in [0.2, 0.25) is 0 Å². The minimum Gasteiger partial charge on any atom is -0.496 e. The average molecular weight is 366 g/mol. The zero-order valence-corrected chi connectivity index (χ0v) is 16.4. The third-order valence-corrected chi connectivity index (χ3v) is 5.63. The molecule has 1 aromatic heterocycles. The van der Waals surface area contributed by atoms with Crippen molar-refractivity contribution in [2.45, 2.75) is 45.4 Å². The minimum absolute atomic E-state index is 0.0348. The predicted molar refractivity (Wildman–Crippen MR) is 98.0 cm³/mol. The Hall–Kier alpha value is -1.90. The summed E-state index contributed by atoms with van der Waals surface area (Å²) in [6.45, 7) is 9.29. The minimum atomic E-state index is -1.17. The van der Waals surface area contributed by atoms with Gasteiger partial charge in [-0.2, -0.15) is 5.10 Å². The van der Waals surface area contributed by atoms with Crippen LogP contribution in [0.25, 0.3) is 10.9 Å². The number of hydrogen-bond donors (Lipinski definition) is 2. The molecule has 7 nitrogen and oxygen atoms in total. The number of aromatic nitrogens is 2. The van der Waals surface area contributed by atoms with E-state index in [-0.39, 0.29) is 12.3 Å². The van der Waals surface area contributed by atoms with Crippen molar-refractivity contribution < 1.29 is 24.5 Å². The third kappa shape index (κ3) is 4.59. The molecule has 0 saturated heterocycles. The zero-order chi connectivity index (χ0) is 18.8. The molecule has 0 aliphatic rings. The van der Waals surface area contributed by atoms with Crippen molar-refractivity contribution >= 4 is 24.9 Å². The lowest BCUT2D eigenvalue weighted by molar-refractivity contribution is 0.0696. The fourth-order valence-corrected chi connectivity index (χ4v) is 3.29. The number of methoxy groups -OCH3 is 1. The molecule has 2 aromatic rings. The Morgan fingerprint density at radius 1 is 1.40 bits per heavy atom. The van der Waals surface area contributed by atoms with Gasteiger partial charge in [-0.3, -0.25) is 0 Å². The molecule has 0 fully saturated rings. The highest BCUT2D eigenvalue weighted by molar-refractivity contribution is 6.76. The maximum Gasteiger partial charge on any atom is 0.338 e. The van der Waals surface area contributed by atoms with Gasteiger partial charge in [0.15, 0.2) is 0 Å². The van der Waals surface area contributed by atoms with Gasteiger partial charge in [0.05, 0.1) is 24.2 Å². The molecule has 0 bridgehead atoms. The second-order valence-electron chi connectivity index (χ2n) is 7.31. The number of benzene rings is 1. The molecule has 0 saturated carbocycles. The van der Waals surface area contributed by atoms with Crippen molar-refractivity contribution in [2.24, 2.45) is 0 Å². The Kier molecular flexibility index (Phi) is 5.86. The van der Waals surface area contributed by atoms with Crippen molar-refractivity contribution in [1.82, 2.24) is 9.78 Å². The molecule has 0 radical (unpaired) electrons. The standard InChI is InChI=1S/C17H26N2O5Si/c1-11(20)12-8-13(17(21)22)15-14(16(12)23-2)9-19(18-15)10-24-6-7-25(3,4)5/h8-9,11,20H,6-7,10H2,1-5H3,(H,21,22). The molecule has 1 heterocycles. The molecule has 25 heavy (non-hydrogen) atoms. The van der Waals surface area contributed by atoms with Crippen LogP contribution in [0.15, 0.2) is 12.3 Å². The van der Waals surface area contributed by atoms with Crippen molar-refractivity contribution in [3.05, 3.63) is 23.4 Å². The fourth-order valence-electron chi connectivity index (χ4n) is 2.54. The van der Waals surface area contributed by atoms with E-state index in [9.17, 15) is 15.0 Å². The van der Waals surface area contributed by atoms with Crippen molar-refractivity contribution in [1.29, 1.82) is 0 Å². The third-order valence-electron chi connectivity index (χ3n) is 3.93. The van der Waals surface area contributed by atoms with Crippen molar-refractivity contribution in [3.8, 4) is 5.75 Å². The summed E-state index contributed by atoms with van der Waals surface area (Å²) in [5.74, 6) is -0.664. The lowest BCUT2D eigenvalue weighted by atomic mass is 10.0. The van der Waals surface area contributed by atoms with Crippen LogP contribution in [0.5, 0.6) is 5.75 Å². The summed E-state index contributed by atoms with van der Waals surface area (Å²) >= 11 is 0. The Morgan fingerprint density at radius 3 is 2.60 bits per heavy atom. The van der Waals surface area contributed by atoms with E-state index in [1.165, 1.54) is 13.2 Å². The maximum absolute atomic E-state index is 11.6. The number of aliphatic hydroxyl groups is 1. The Morgan fingerprint density at radius 2 is 2.08 bits per heavy atom. The van der Waals surface area contributed by atoms with Gasteiger partial charge < -0.3 is 19.7 Å². The summed E-state index contributed by atoms with van der Waals surface area (Å²) in [6.07, 6.45) is 0.842. The molecule has 1 unspecified atom stereocenters. The highest BCUT2D eigenvalue weighted by Gasteiger charge is 2.22. The van der Waals surface area contributed by atoms with Gasteiger partial charge in [-0.15, -0.1) is 0 Å². The number of rotatable bonds is 8. The Bertz CT molecular complexity index is 764. The second kappa shape index (κ2) is 7.55. The van der Waals surface area contributed by atoms with Gasteiger partial charge in [-0.1, -0.05) is 19.6 Å². The van der Waals surface area contributed by atoms with E-state index in [1.54, 1.807) is 17.8 Å². The normalized spacial score (nSPS) is 13.2. The number of hydrogen-bond acceptors (Lipinski definition) is 5. The number of nitrogens with zero attached hydrogens (tertiary/aromatic N) is 2. The van der Waals surface area contributed by atoms with E-state index in [0.717, 1.165) is 6.04 Å². The van der Waals surface area contributed by atoms with Crippen LogP contribution in [0.3, 0.4) is 0 Å². The number of carbonyl (C=O) groups is 1. The summed E-state index contributed by atoms with van der Waals surface area (Å²) in [6, 6.07) is 2.46. The van der Waals surface area contributed by atoms with Crippen LogP contribution in [0.1, 0.15) is 28.9 Å². The number of ether oxygens (including phenoxy) is 2. The molecule has 1 aromatic carbocycles. The van der Waals surface area contributed by atoms with Crippen LogP contribution in [-0.2, 0) is 11.5 Å². The van der Waals surface area contributed by atoms with Crippen LogP contribution in [0.4, 0.5) is 0 Å². The van der Waals surface area contributed by atoms with Gasteiger partial charge in [0.25, 0.3) is 0 Å². The van der Waals surface area contributed by atoms with Crippen LogP contribution in [-0.4, -0.2) is 47.8 Å². The zero-order valence-electron chi connectivity index (χ0n) is 15.4. The van der Waals surface area contributed by atoms with Crippen molar-refractivity contribution in [2.75, 3.05) is 13.7 Å². The number of carboxylic acids is 1. The van der Waals surface area contributed by atoms with E-state index in [2.05, 4.69) is 24.7 Å². The molecular weight excluding hydrogens is 340 g/mol. The molecule has 2 N–H and O–H groups in total. The number of aromatic carboxylic acids is 1. The number of fused-ring (bicyclic) bond motifs is 1. The van der Waals surface area contributed by atoms with Gasteiger partial charge in [0, 0.05) is 26.4 Å². The fraction of sp³-hybridized carbons (Fsp3) is 0.529. The maximum atomic E-state index is 11.6. The van der Waals surface area contributed by atoms with E-state index in [4.69, 9.17) is 9.47 Å². The number of aliphatic hydroxyl groups excluding tert-OH is 1. The van der Waals surface area contributed by atoms with Gasteiger partial charge >= 0.3 is 5.97 Å². The lowest BCUT2D eigenvalue weighted by Crippen LogP contribution is -2.22. The van der Waals surface area contributed by atoms with E-state index in [1.807, 2.05) is 0 Å². The Labute approximate surface area is 148 Å². The summed E-state index contributed by atoms with van der Waals surface area (Å²) in [7, 11) is 0.323. The molecule has 8 heteroatoms. The first kappa shape index (κ1) is 19.4. The molecule has 0 aliphatic carbocycles. The summed E-state index contributed by atoms with van der Waals surface area (Å²) in [5, 5.41) is 24.3. The molecule has 0 spiro atoms. The Balaban J connectivity index is 2.36. The smallest absolute Gasteiger partial charge is 0.338 e. The van der Waals surface area contributed by atoms with E-state index in [0.29, 0.717) is 28.8 Å². The van der Waals surface area contributed by atoms with Crippen LogP contribution in [0, 0.1) is 0 Å². The molecule has 1 atom stereocenters. The van der Waals surface area contributed by atoms with E-state index >= 15 is 0 Å². The molecule has 0 aliphatic heterocycles. The quantitative estimate of drug-likeness (QED) is 0.551. The van der Waals surface area contributed by atoms with Crippen LogP contribution in [0.2, 0.25) is 25.7 Å². The lowest BCUT2D eigenvalue weighted by Gasteiger charge is -2.15. The average Bonchev–Trinajstić information content (AvgIpc) is 2.92. The first-order valence-corrected chi connectivity index (χ1v) is 11.9. The van der Waals surface area contributed by atoms with Gasteiger partial charge in [-0.05, 0) is 19.0 Å². The number of carboxylic acid groups (broad SMARTS) is 1. The summed E-state index contributed by atoms with van der Waals surface area (Å²) in [4.78, 5) is 11.6. The second-order valence-corrected chi connectivity index (χ2v) is 12.9. The molecule has 0 amide bonds. The SMILES string of the molecule is COc1c(C(C)O)cc(C(=O)O)c2nn(COCC[Si](C)(C)C)cc12. The van der Waals surface area contributed by atoms with E-state index < -0.39 is 20.1 Å². The van der Waals surface area contributed by atoms with Crippen molar-refractivity contribution in [3.63, 3.8) is 0 Å². The summed E-state index contributed by atoms with van der Waals surface area (Å²) < 4.78 is 12.6. The molecular formula is C17H26N2O5Si. The first-order valence-electron chi connectivity index (χ1n) is 8.21. The monoisotopic (exact) mass is 366 g/mol. The first-order chi connectivity index (χ1) is 11.6. The summed E-state index contributed by atoms with van der Waals surface area (Å²) in [5.41, 5.74) is 0.779. The molecule has 138 valence electrons. The van der Waals surface area contributed by atoms with Crippen LogP contribution < -0.4 is 4.74 Å². The van der Waals surface area contributed by atoms with Gasteiger partial charge in [-0.25, -0.2) is 9.48 Å². The molecule has 2 rings (SSSR count). The van der Waals surface area contributed by atoms with Gasteiger partial charge in [0.1, 0.15) is 18.0 Å². The topological polar surface area (TPSA) is 93.8 Å². The largest absolute Gasteiger partial charge is 0.496 e. The highest BCUT2D eigenvalue weighted by atomic mass is 28.3. The predicted octanol–water partition coefficient (Wildman–Crippen LogP) is 3.11.